The summed E-state index contributed by atoms with van der Waals surface area (Å²) in [5.41, 5.74) is 2.75. The third kappa shape index (κ3) is 3.75. The average Bonchev–Trinajstić information content (AvgIpc) is 2.79. The van der Waals surface area contributed by atoms with Crippen LogP contribution in [0.2, 0.25) is 0 Å². The predicted octanol–water partition coefficient (Wildman–Crippen LogP) is 2.44. The molecule has 1 amide bonds. The number of aryl methyl sites for hydroxylation is 3. The van der Waals surface area contributed by atoms with Gasteiger partial charge in [0.25, 0.3) is 11.5 Å². The minimum absolute atomic E-state index is 0.0294. The fourth-order valence-electron chi connectivity index (χ4n) is 3.78. The number of carbonyl (C=O) groups excluding carboxylic acids is 1. The zero-order valence-corrected chi connectivity index (χ0v) is 18.3. The van der Waals surface area contributed by atoms with E-state index in [1.165, 1.54) is 10.5 Å². The molecule has 0 saturated heterocycles. The van der Waals surface area contributed by atoms with Gasteiger partial charge in [0.2, 0.25) is 0 Å². The number of hydrogen-bond donors (Lipinski definition) is 2. The zero-order chi connectivity index (χ0) is 22.8. The lowest BCUT2D eigenvalue weighted by Crippen LogP contribution is -2.35. The first-order chi connectivity index (χ1) is 15.4. The van der Waals surface area contributed by atoms with Crippen molar-refractivity contribution in [1.29, 1.82) is 5.41 Å². The number of nitrogens with zero attached hydrogens (tertiary/aromatic N) is 3. The topological polar surface area (TPSA) is 101 Å². The van der Waals surface area contributed by atoms with E-state index in [-0.39, 0.29) is 22.5 Å². The predicted molar refractivity (Wildman–Crippen MR) is 122 cm³/mol. The summed E-state index contributed by atoms with van der Waals surface area (Å²) >= 11 is 0. The molecule has 8 heteroatoms. The molecule has 4 rings (SSSR count). The Kier molecular flexibility index (Phi) is 5.77. The van der Waals surface area contributed by atoms with Gasteiger partial charge < -0.3 is 14.6 Å². The highest BCUT2D eigenvalue weighted by Gasteiger charge is 2.17. The largest absolute Gasteiger partial charge is 0.497 e. The second-order valence-electron chi connectivity index (χ2n) is 7.55. The highest BCUT2D eigenvalue weighted by Crippen LogP contribution is 2.15. The van der Waals surface area contributed by atoms with Crippen LogP contribution >= 0.6 is 0 Å². The number of ether oxygens (including phenoxy) is 1. The lowest BCUT2D eigenvalue weighted by Gasteiger charge is -2.15. The van der Waals surface area contributed by atoms with Crippen LogP contribution in [0.15, 0.2) is 53.5 Å². The van der Waals surface area contributed by atoms with Crippen molar-refractivity contribution >= 4 is 22.6 Å². The lowest BCUT2D eigenvalue weighted by molar-refractivity contribution is 0.0953. The highest BCUT2D eigenvalue weighted by atomic mass is 16.5. The van der Waals surface area contributed by atoms with Gasteiger partial charge in [0, 0.05) is 19.3 Å². The van der Waals surface area contributed by atoms with Gasteiger partial charge in [-0.2, -0.15) is 0 Å². The van der Waals surface area contributed by atoms with E-state index in [9.17, 15) is 9.59 Å². The fourth-order valence-corrected chi connectivity index (χ4v) is 3.78. The summed E-state index contributed by atoms with van der Waals surface area (Å²) in [4.78, 5) is 30.7. The Morgan fingerprint density at radius 3 is 2.62 bits per heavy atom. The van der Waals surface area contributed by atoms with Gasteiger partial charge in [-0.25, -0.2) is 4.98 Å². The number of pyridine rings is 2. The molecule has 0 saturated carbocycles. The van der Waals surface area contributed by atoms with Crippen molar-refractivity contribution in [2.75, 3.05) is 13.7 Å². The first kappa shape index (κ1) is 21.3. The van der Waals surface area contributed by atoms with Crippen LogP contribution in [0, 0.1) is 12.3 Å². The molecular weight excluding hydrogens is 406 g/mol. The summed E-state index contributed by atoms with van der Waals surface area (Å²) in [6.45, 7) is 4.52. The van der Waals surface area contributed by atoms with Gasteiger partial charge >= 0.3 is 0 Å². The van der Waals surface area contributed by atoms with Crippen LogP contribution in [0.4, 0.5) is 0 Å². The van der Waals surface area contributed by atoms with Crippen LogP contribution in [0.1, 0.15) is 28.4 Å². The number of carbonyl (C=O) groups is 1. The number of nitrogens with one attached hydrogen (secondary N) is 2. The van der Waals surface area contributed by atoms with E-state index in [0.29, 0.717) is 36.2 Å². The molecule has 2 N–H and O–H groups in total. The average molecular weight is 431 g/mol. The van der Waals surface area contributed by atoms with Crippen molar-refractivity contribution in [3.63, 3.8) is 0 Å². The maximum absolute atomic E-state index is 13.3. The van der Waals surface area contributed by atoms with Crippen molar-refractivity contribution in [3.05, 3.63) is 81.2 Å². The molecule has 0 fully saturated rings. The molecule has 164 valence electrons. The van der Waals surface area contributed by atoms with E-state index in [1.54, 1.807) is 23.9 Å². The minimum atomic E-state index is -0.383. The number of fused-ring (bicyclic) bond motifs is 2. The summed E-state index contributed by atoms with van der Waals surface area (Å²) in [5.74, 6) is 0.384. The first-order valence-electron chi connectivity index (χ1n) is 10.5. The molecule has 0 aliphatic rings. The molecule has 0 bridgehead atoms. The maximum atomic E-state index is 13.3. The van der Waals surface area contributed by atoms with Crippen molar-refractivity contribution < 1.29 is 9.53 Å². The van der Waals surface area contributed by atoms with Crippen LogP contribution in [0.5, 0.6) is 5.75 Å². The van der Waals surface area contributed by atoms with E-state index in [2.05, 4.69) is 5.32 Å². The maximum Gasteiger partial charge on any atom is 0.267 e. The fraction of sp³-hybridized carbons (Fsp3) is 0.250. The van der Waals surface area contributed by atoms with Gasteiger partial charge in [-0.15, -0.1) is 0 Å². The molecule has 0 unspecified atom stereocenters. The standard InChI is InChI=1S/C24H25N5O3/c1-4-26-23(30)18-14-19-22(27-21-15(2)6-5-12-29(21)24(19)31)28(20(18)25)13-11-16-7-9-17(32-3)10-8-16/h5-10,12,14,25H,4,11,13H2,1-3H3,(H,26,30). The Labute approximate surface area is 184 Å². The van der Waals surface area contributed by atoms with Crippen molar-refractivity contribution in [2.24, 2.45) is 0 Å². The van der Waals surface area contributed by atoms with Gasteiger partial charge in [0.05, 0.1) is 18.1 Å². The van der Waals surface area contributed by atoms with Crippen molar-refractivity contribution in [3.8, 4) is 5.75 Å². The molecule has 32 heavy (non-hydrogen) atoms. The molecule has 0 aliphatic heterocycles. The van der Waals surface area contributed by atoms with E-state index >= 15 is 0 Å². The monoisotopic (exact) mass is 431 g/mol. The Morgan fingerprint density at radius 2 is 1.94 bits per heavy atom. The molecule has 3 heterocycles. The molecular formula is C24H25N5O3. The van der Waals surface area contributed by atoms with Crippen LogP contribution in [0.25, 0.3) is 16.7 Å². The molecule has 0 radical (unpaired) electrons. The lowest BCUT2D eigenvalue weighted by atomic mass is 10.1. The molecule has 3 aromatic heterocycles. The number of rotatable bonds is 6. The zero-order valence-electron chi connectivity index (χ0n) is 18.3. The summed E-state index contributed by atoms with van der Waals surface area (Å²) < 4.78 is 8.35. The molecule has 0 atom stereocenters. The highest BCUT2D eigenvalue weighted by molar-refractivity contribution is 5.96. The molecule has 0 aliphatic carbocycles. The van der Waals surface area contributed by atoms with E-state index in [1.807, 2.05) is 44.2 Å². The van der Waals surface area contributed by atoms with Crippen molar-refractivity contribution in [1.82, 2.24) is 19.3 Å². The van der Waals surface area contributed by atoms with E-state index in [4.69, 9.17) is 15.1 Å². The van der Waals surface area contributed by atoms with Crippen LogP contribution < -0.4 is 21.1 Å². The smallest absolute Gasteiger partial charge is 0.267 e. The number of hydrogen-bond acceptors (Lipinski definition) is 5. The summed E-state index contributed by atoms with van der Waals surface area (Å²) in [6.07, 6.45) is 2.27. The number of benzene rings is 1. The van der Waals surface area contributed by atoms with Gasteiger partial charge in [0.15, 0.2) is 0 Å². The number of aromatic nitrogens is 3. The number of amides is 1. The Morgan fingerprint density at radius 1 is 1.19 bits per heavy atom. The third-order valence-corrected chi connectivity index (χ3v) is 5.50. The summed E-state index contributed by atoms with van der Waals surface area (Å²) in [7, 11) is 1.62. The number of methoxy groups -OCH3 is 1. The van der Waals surface area contributed by atoms with Gasteiger partial charge in [0.1, 0.15) is 22.5 Å². The third-order valence-electron chi connectivity index (χ3n) is 5.50. The van der Waals surface area contributed by atoms with Gasteiger partial charge in [-0.1, -0.05) is 18.2 Å². The quantitative estimate of drug-likeness (QED) is 0.458. The summed E-state index contributed by atoms with van der Waals surface area (Å²) in [6, 6.07) is 12.8. The van der Waals surface area contributed by atoms with E-state index in [0.717, 1.165) is 16.9 Å². The Balaban J connectivity index is 1.92. The molecule has 0 spiro atoms. The molecule has 4 aromatic rings. The summed E-state index contributed by atoms with van der Waals surface area (Å²) in [5, 5.41) is 11.8. The SMILES string of the molecule is CCNC(=O)c1cc2c(=O)n3cccc(C)c3nc2n(CCc2ccc(OC)cc2)c1=N. The second-order valence-corrected chi connectivity index (χ2v) is 7.55. The normalized spacial score (nSPS) is 11.1. The molecule has 1 aromatic carbocycles. The Bertz CT molecular complexity index is 1440. The van der Waals surface area contributed by atoms with Gasteiger partial charge in [-0.05, 0) is 55.7 Å². The van der Waals surface area contributed by atoms with Crippen molar-refractivity contribution in [2.45, 2.75) is 26.8 Å². The minimum Gasteiger partial charge on any atom is -0.497 e. The van der Waals surface area contributed by atoms with Crippen LogP contribution in [-0.4, -0.2) is 33.5 Å². The van der Waals surface area contributed by atoms with Gasteiger partial charge in [-0.3, -0.25) is 19.4 Å². The molecule has 8 nitrogen and oxygen atoms in total. The first-order valence-corrected chi connectivity index (χ1v) is 10.5. The van der Waals surface area contributed by atoms with Crippen LogP contribution in [0.3, 0.4) is 0 Å². The Hall–Kier alpha value is -3.94. The second kappa shape index (κ2) is 8.66. The van der Waals surface area contributed by atoms with E-state index < -0.39 is 0 Å². The van der Waals surface area contributed by atoms with Crippen LogP contribution in [-0.2, 0) is 13.0 Å².